The lowest BCUT2D eigenvalue weighted by Crippen LogP contribution is -2.16. The summed E-state index contributed by atoms with van der Waals surface area (Å²) in [6.07, 6.45) is 0.350. The van der Waals surface area contributed by atoms with E-state index in [-0.39, 0.29) is 11.3 Å². The highest BCUT2D eigenvalue weighted by molar-refractivity contribution is 9.10. The highest BCUT2D eigenvalue weighted by Gasteiger charge is 2.22. The lowest BCUT2D eigenvalue weighted by molar-refractivity contribution is 0.471. The van der Waals surface area contributed by atoms with E-state index in [1.807, 2.05) is 0 Å². The van der Waals surface area contributed by atoms with Crippen molar-refractivity contribution in [3.63, 3.8) is 0 Å². The lowest BCUT2D eigenvalue weighted by atomic mass is 10.1. The smallest absolute Gasteiger partial charge is 0.264 e. The molecule has 2 heterocycles. The van der Waals surface area contributed by atoms with Crippen LogP contribution in [0.1, 0.15) is 11.4 Å². The number of nitrogens with zero attached hydrogens (tertiary/aromatic N) is 4. The Morgan fingerprint density at radius 3 is 2.53 bits per heavy atom. The molecule has 4 aromatic rings. The van der Waals surface area contributed by atoms with E-state index in [2.05, 4.69) is 31.0 Å². The molecule has 154 valence electrons. The normalized spacial score (nSPS) is 11.2. The van der Waals surface area contributed by atoms with Gasteiger partial charge in [0.1, 0.15) is 22.6 Å². The van der Waals surface area contributed by atoms with Crippen molar-refractivity contribution in [2.24, 2.45) is 0 Å². The number of nitrogens with one attached hydrogen (secondary N) is 1. The van der Waals surface area contributed by atoms with Crippen molar-refractivity contribution in [3.8, 4) is 11.4 Å². The Morgan fingerprint density at radius 2 is 1.90 bits per heavy atom. The molecule has 4 rings (SSSR count). The number of benzene rings is 2. The molecule has 0 aliphatic carbocycles. The third-order valence-electron chi connectivity index (χ3n) is 4.52. The van der Waals surface area contributed by atoms with Gasteiger partial charge in [0.05, 0.1) is 14.5 Å². The monoisotopic (exact) mass is 507 g/mol. The molecule has 0 amide bonds. The van der Waals surface area contributed by atoms with Crippen LogP contribution in [0.15, 0.2) is 45.7 Å². The van der Waals surface area contributed by atoms with Crippen LogP contribution in [-0.4, -0.2) is 39.0 Å². The molecule has 0 atom stereocenters. The van der Waals surface area contributed by atoms with E-state index < -0.39 is 0 Å². The number of anilines is 1. The number of aromatic amines is 1. The second-order valence-corrected chi connectivity index (χ2v) is 8.54. The first-order valence-corrected chi connectivity index (χ1v) is 10.4. The SMILES string of the molecule is CN(C)c1nn(-c2c(Cl)cccc2Cl)c2nc(Cc3ccc(O)c(Br)c3)[nH]c(=O)c12. The Kier molecular flexibility index (Phi) is 5.48. The highest BCUT2D eigenvalue weighted by atomic mass is 79.9. The van der Waals surface area contributed by atoms with Crippen molar-refractivity contribution in [3.05, 3.63) is 72.7 Å². The maximum atomic E-state index is 13.0. The van der Waals surface area contributed by atoms with Gasteiger partial charge in [-0.3, -0.25) is 4.79 Å². The molecule has 2 aromatic carbocycles. The van der Waals surface area contributed by atoms with Gasteiger partial charge in [0.2, 0.25) is 0 Å². The maximum absolute atomic E-state index is 13.0. The average molecular weight is 509 g/mol. The largest absolute Gasteiger partial charge is 0.507 e. The van der Waals surface area contributed by atoms with Crippen LogP contribution >= 0.6 is 39.1 Å². The molecular formula is C20H16BrCl2N5O2. The third kappa shape index (κ3) is 3.66. The molecule has 0 saturated heterocycles. The first-order valence-electron chi connectivity index (χ1n) is 8.87. The van der Waals surface area contributed by atoms with E-state index in [1.165, 1.54) is 4.68 Å². The molecule has 0 unspecified atom stereocenters. The van der Waals surface area contributed by atoms with Crippen molar-refractivity contribution in [1.82, 2.24) is 19.7 Å². The van der Waals surface area contributed by atoms with Crippen LogP contribution in [0.25, 0.3) is 16.7 Å². The first kappa shape index (κ1) is 20.7. The topological polar surface area (TPSA) is 87.0 Å². The van der Waals surface area contributed by atoms with Crippen LogP contribution in [0.4, 0.5) is 5.82 Å². The maximum Gasteiger partial charge on any atom is 0.264 e. The number of fused-ring (bicyclic) bond motifs is 1. The molecule has 0 radical (unpaired) electrons. The minimum absolute atomic E-state index is 0.137. The number of phenols is 1. The van der Waals surface area contributed by atoms with Gasteiger partial charge in [-0.25, -0.2) is 9.67 Å². The molecular weight excluding hydrogens is 493 g/mol. The molecule has 2 N–H and O–H groups in total. The van der Waals surface area contributed by atoms with Crippen molar-refractivity contribution < 1.29 is 5.11 Å². The van der Waals surface area contributed by atoms with Crippen LogP contribution in [0, 0.1) is 0 Å². The number of hydrogen-bond donors (Lipinski definition) is 2. The van der Waals surface area contributed by atoms with E-state index in [9.17, 15) is 9.90 Å². The number of phenolic OH excluding ortho intramolecular Hbond substituents is 1. The summed E-state index contributed by atoms with van der Waals surface area (Å²) in [7, 11) is 3.59. The molecule has 0 aliphatic rings. The fourth-order valence-electron chi connectivity index (χ4n) is 3.15. The van der Waals surface area contributed by atoms with Crippen molar-refractivity contribution >= 4 is 56.0 Å². The van der Waals surface area contributed by atoms with Crippen LogP contribution in [-0.2, 0) is 6.42 Å². The Morgan fingerprint density at radius 1 is 1.20 bits per heavy atom. The second kappa shape index (κ2) is 7.94. The lowest BCUT2D eigenvalue weighted by Gasteiger charge is -2.09. The first-order chi connectivity index (χ1) is 14.3. The zero-order chi connectivity index (χ0) is 21.6. The van der Waals surface area contributed by atoms with Gasteiger partial charge in [0.25, 0.3) is 5.56 Å². The van der Waals surface area contributed by atoms with Gasteiger partial charge < -0.3 is 15.0 Å². The number of H-pyrrole nitrogens is 1. The summed E-state index contributed by atoms with van der Waals surface area (Å²) < 4.78 is 2.06. The van der Waals surface area contributed by atoms with Crippen LogP contribution in [0.5, 0.6) is 5.75 Å². The molecule has 0 saturated carbocycles. The number of halogens is 3. The average Bonchev–Trinajstić information content (AvgIpc) is 3.05. The third-order valence-corrected chi connectivity index (χ3v) is 5.77. The highest BCUT2D eigenvalue weighted by Crippen LogP contribution is 2.32. The molecule has 7 nitrogen and oxygen atoms in total. The Bertz CT molecular complexity index is 1310. The van der Waals surface area contributed by atoms with Gasteiger partial charge in [-0.05, 0) is 45.8 Å². The number of aromatic hydroxyl groups is 1. The van der Waals surface area contributed by atoms with Crippen molar-refractivity contribution in [2.45, 2.75) is 6.42 Å². The summed E-state index contributed by atoms with van der Waals surface area (Å²) in [6, 6.07) is 10.3. The van der Waals surface area contributed by atoms with Crippen LogP contribution < -0.4 is 10.5 Å². The number of hydrogen-bond acceptors (Lipinski definition) is 5. The number of para-hydroxylation sites is 1. The fraction of sp³-hybridized carbons (Fsp3) is 0.150. The van der Waals surface area contributed by atoms with E-state index in [4.69, 9.17) is 23.2 Å². The second-order valence-electron chi connectivity index (χ2n) is 6.87. The molecule has 0 fully saturated rings. The summed E-state index contributed by atoms with van der Waals surface area (Å²) in [6.45, 7) is 0. The fourth-order valence-corrected chi connectivity index (χ4v) is 4.14. The van der Waals surface area contributed by atoms with Crippen LogP contribution in [0.2, 0.25) is 10.0 Å². The molecule has 2 aromatic heterocycles. The molecule has 0 bridgehead atoms. The van der Waals surface area contributed by atoms with Gasteiger partial charge in [0.15, 0.2) is 11.5 Å². The van der Waals surface area contributed by atoms with E-state index in [1.54, 1.807) is 55.4 Å². The summed E-state index contributed by atoms with van der Waals surface area (Å²) in [5.74, 6) is 1.03. The van der Waals surface area contributed by atoms with Gasteiger partial charge in [-0.2, -0.15) is 0 Å². The Labute approximate surface area is 190 Å². The minimum atomic E-state index is -0.314. The summed E-state index contributed by atoms with van der Waals surface area (Å²) in [4.78, 5) is 22.2. The predicted octanol–water partition coefficient (Wildman–Crippen LogP) is 4.54. The zero-order valence-corrected chi connectivity index (χ0v) is 19.0. The minimum Gasteiger partial charge on any atom is -0.507 e. The number of aromatic nitrogens is 4. The molecule has 0 aliphatic heterocycles. The van der Waals surface area contributed by atoms with Gasteiger partial charge in [-0.15, -0.1) is 5.10 Å². The Hall–Kier alpha value is -2.55. The van der Waals surface area contributed by atoms with Crippen molar-refractivity contribution in [1.29, 1.82) is 0 Å². The molecule has 10 heteroatoms. The van der Waals surface area contributed by atoms with E-state index in [0.717, 1.165) is 5.56 Å². The molecule has 0 spiro atoms. The number of rotatable bonds is 4. The summed E-state index contributed by atoms with van der Waals surface area (Å²) in [5, 5.41) is 15.4. The van der Waals surface area contributed by atoms with Crippen LogP contribution in [0.3, 0.4) is 0 Å². The molecule has 30 heavy (non-hydrogen) atoms. The van der Waals surface area contributed by atoms with E-state index >= 15 is 0 Å². The van der Waals surface area contributed by atoms with Gasteiger partial charge in [0, 0.05) is 20.5 Å². The van der Waals surface area contributed by atoms with E-state index in [0.29, 0.717) is 49.3 Å². The van der Waals surface area contributed by atoms with Crippen molar-refractivity contribution in [2.75, 3.05) is 19.0 Å². The standard InChI is InChI=1S/C20H16BrCl2N5O2/c1-27(2)19-16-18(28(26-19)17-12(22)4-3-5-13(17)23)24-15(25-20(16)30)9-10-6-7-14(29)11(21)8-10/h3-8,29H,9H2,1-2H3,(H,24,25,30). The zero-order valence-electron chi connectivity index (χ0n) is 15.9. The summed E-state index contributed by atoms with van der Waals surface area (Å²) >= 11 is 16.1. The Balaban J connectivity index is 1.94. The van der Waals surface area contributed by atoms with Gasteiger partial charge in [-0.1, -0.05) is 35.3 Å². The summed E-state index contributed by atoms with van der Waals surface area (Å²) in [5.41, 5.74) is 1.35. The predicted molar refractivity (Wildman–Crippen MR) is 122 cm³/mol. The van der Waals surface area contributed by atoms with Gasteiger partial charge >= 0.3 is 0 Å². The quantitative estimate of drug-likeness (QED) is 0.422.